The number of hydrogen-bond donors (Lipinski definition) is 2. The molecule has 0 aliphatic carbocycles. The minimum absolute atomic E-state index is 0.00625. The molecule has 1 aliphatic rings. The number of ether oxygens (including phenoxy) is 1. The van der Waals surface area contributed by atoms with E-state index in [9.17, 15) is 4.79 Å². The van der Waals surface area contributed by atoms with Crippen LogP contribution in [0.1, 0.15) is 5.56 Å². The molecule has 1 aromatic carbocycles. The van der Waals surface area contributed by atoms with Gasteiger partial charge < -0.3 is 15.8 Å². The van der Waals surface area contributed by atoms with Gasteiger partial charge in [0.1, 0.15) is 5.75 Å². The van der Waals surface area contributed by atoms with Gasteiger partial charge in [-0.05, 0) is 23.8 Å². The highest BCUT2D eigenvalue weighted by atomic mass is 16.5. The molecule has 0 bridgehead atoms. The summed E-state index contributed by atoms with van der Waals surface area (Å²) in [7, 11) is 0. The molecule has 0 atom stereocenters. The largest absolute Gasteiger partial charge is 0.493 e. The van der Waals surface area contributed by atoms with Crippen molar-refractivity contribution in [1.29, 1.82) is 0 Å². The third kappa shape index (κ3) is 2.27. The molecule has 4 nitrogen and oxygen atoms in total. The van der Waals surface area contributed by atoms with Crippen LogP contribution < -0.4 is 15.8 Å². The lowest BCUT2D eigenvalue weighted by Gasteiger charge is -2.06. The van der Waals surface area contributed by atoms with Crippen molar-refractivity contribution < 1.29 is 9.53 Å². The molecule has 0 unspecified atom stereocenters. The van der Waals surface area contributed by atoms with Crippen LogP contribution in [0.5, 0.6) is 5.75 Å². The summed E-state index contributed by atoms with van der Waals surface area (Å²) in [5, 5.41) is 3.04. The summed E-state index contributed by atoms with van der Waals surface area (Å²) in [4.78, 5) is 11.0. The molecular formula is C11H14N2O2. The summed E-state index contributed by atoms with van der Waals surface area (Å²) < 4.78 is 5.39. The Labute approximate surface area is 88.4 Å². The van der Waals surface area contributed by atoms with Gasteiger partial charge in [-0.15, -0.1) is 0 Å². The minimum Gasteiger partial charge on any atom is -0.493 e. The molecule has 4 heteroatoms. The highest BCUT2D eigenvalue weighted by Crippen LogP contribution is 2.27. The van der Waals surface area contributed by atoms with Crippen molar-refractivity contribution >= 4 is 11.5 Å². The first-order valence-electron chi connectivity index (χ1n) is 5.01. The smallest absolute Gasteiger partial charge is 0.165 e. The molecule has 1 heterocycles. The molecule has 0 aromatic heterocycles. The second-order valence-electron chi connectivity index (χ2n) is 3.52. The van der Waals surface area contributed by atoms with Crippen LogP contribution in [0.15, 0.2) is 18.2 Å². The second kappa shape index (κ2) is 4.31. The van der Waals surface area contributed by atoms with Crippen molar-refractivity contribution in [3.8, 4) is 5.75 Å². The Morgan fingerprint density at radius 3 is 3.20 bits per heavy atom. The molecule has 80 valence electrons. The number of hydrogen-bond acceptors (Lipinski definition) is 4. The quantitative estimate of drug-likeness (QED) is 0.755. The molecule has 0 spiro atoms. The van der Waals surface area contributed by atoms with Gasteiger partial charge in [0, 0.05) is 12.1 Å². The van der Waals surface area contributed by atoms with Gasteiger partial charge in [0.15, 0.2) is 5.78 Å². The van der Waals surface area contributed by atoms with Crippen molar-refractivity contribution in [2.45, 2.75) is 6.42 Å². The first-order valence-corrected chi connectivity index (χ1v) is 5.01. The standard InChI is InChI=1S/C11H14N2O2/c12-6-10(14)7-13-9-1-2-11-8(5-9)3-4-15-11/h1-2,5,13H,3-4,6-7,12H2. The van der Waals surface area contributed by atoms with Gasteiger partial charge >= 0.3 is 0 Å². The number of carbonyl (C=O) groups is 1. The number of carbonyl (C=O) groups excluding carboxylic acids is 1. The van der Waals surface area contributed by atoms with E-state index in [0.717, 1.165) is 24.5 Å². The third-order valence-corrected chi connectivity index (χ3v) is 2.41. The Morgan fingerprint density at radius 2 is 2.40 bits per heavy atom. The highest BCUT2D eigenvalue weighted by Gasteiger charge is 2.11. The second-order valence-corrected chi connectivity index (χ2v) is 3.52. The van der Waals surface area contributed by atoms with E-state index in [1.54, 1.807) is 0 Å². The minimum atomic E-state index is 0.00625. The topological polar surface area (TPSA) is 64.4 Å². The van der Waals surface area contributed by atoms with Crippen LogP contribution in [0.2, 0.25) is 0 Å². The van der Waals surface area contributed by atoms with Gasteiger partial charge in [0.2, 0.25) is 0 Å². The lowest BCUT2D eigenvalue weighted by Crippen LogP contribution is -2.22. The number of ketones is 1. The number of rotatable bonds is 4. The van der Waals surface area contributed by atoms with Crippen LogP contribution in [-0.2, 0) is 11.2 Å². The Kier molecular flexibility index (Phi) is 2.87. The Balaban J connectivity index is 2.01. The summed E-state index contributed by atoms with van der Waals surface area (Å²) in [6, 6.07) is 5.86. The lowest BCUT2D eigenvalue weighted by molar-refractivity contribution is -0.116. The van der Waals surface area contributed by atoms with Crippen LogP contribution in [0.25, 0.3) is 0 Å². The molecule has 0 amide bonds. The molecule has 15 heavy (non-hydrogen) atoms. The fourth-order valence-electron chi connectivity index (χ4n) is 1.57. The van der Waals surface area contributed by atoms with Gasteiger partial charge in [0.25, 0.3) is 0 Å². The maximum Gasteiger partial charge on any atom is 0.165 e. The molecule has 3 N–H and O–H groups in total. The van der Waals surface area contributed by atoms with Gasteiger partial charge in [-0.1, -0.05) is 0 Å². The Morgan fingerprint density at radius 1 is 1.53 bits per heavy atom. The third-order valence-electron chi connectivity index (χ3n) is 2.41. The van der Waals surface area contributed by atoms with Crippen LogP contribution in [0.3, 0.4) is 0 Å². The predicted molar refractivity (Wildman–Crippen MR) is 58.2 cm³/mol. The molecule has 0 fully saturated rings. The molecular weight excluding hydrogens is 192 g/mol. The van der Waals surface area contributed by atoms with E-state index in [0.29, 0.717) is 0 Å². The van der Waals surface area contributed by atoms with Crippen molar-refractivity contribution in [3.63, 3.8) is 0 Å². The normalized spacial score (nSPS) is 13.1. The van der Waals surface area contributed by atoms with Crippen LogP contribution in [0.4, 0.5) is 5.69 Å². The number of nitrogens with two attached hydrogens (primary N) is 1. The van der Waals surface area contributed by atoms with Gasteiger partial charge in [-0.25, -0.2) is 0 Å². The van der Waals surface area contributed by atoms with Gasteiger partial charge in [-0.2, -0.15) is 0 Å². The lowest BCUT2D eigenvalue weighted by atomic mass is 10.1. The predicted octanol–water partition coefficient (Wildman–Crippen LogP) is 0.561. The van der Waals surface area contributed by atoms with E-state index in [4.69, 9.17) is 10.5 Å². The SMILES string of the molecule is NCC(=O)CNc1ccc2c(c1)CCO2. The molecule has 0 saturated carbocycles. The first kappa shape index (κ1) is 9.98. The number of anilines is 1. The Hall–Kier alpha value is -1.55. The Bertz CT molecular complexity index is 377. The molecule has 0 saturated heterocycles. The average molecular weight is 206 g/mol. The maximum absolute atomic E-state index is 11.0. The summed E-state index contributed by atoms with van der Waals surface area (Å²) >= 11 is 0. The van der Waals surface area contributed by atoms with Gasteiger partial charge in [0.05, 0.1) is 19.7 Å². The van der Waals surface area contributed by atoms with Crippen molar-refractivity contribution in [2.24, 2.45) is 5.73 Å². The van der Waals surface area contributed by atoms with Crippen molar-refractivity contribution in [1.82, 2.24) is 0 Å². The van der Waals surface area contributed by atoms with Crippen LogP contribution in [0, 0.1) is 0 Å². The monoisotopic (exact) mass is 206 g/mol. The van der Waals surface area contributed by atoms with E-state index in [-0.39, 0.29) is 18.9 Å². The summed E-state index contributed by atoms with van der Waals surface area (Å²) in [5.74, 6) is 0.956. The highest BCUT2D eigenvalue weighted by molar-refractivity contribution is 5.84. The number of fused-ring (bicyclic) bond motifs is 1. The molecule has 1 aliphatic heterocycles. The molecule has 2 rings (SSSR count). The summed E-state index contributed by atoms with van der Waals surface area (Å²) in [6.07, 6.45) is 0.940. The molecule has 1 aromatic rings. The number of benzene rings is 1. The average Bonchev–Trinajstić information content (AvgIpc) is 2.72. The fraction of sp³-hybridized carbons (Fsp3) is 0.364. The summed E-state index contributed by atoms with van der Waals surface area (Å²) in [6.45, 7) is 1.12. The van der Waals surface area contributed by atoms with E-state index in [2.05, 4.69) is 5.32 Å². The van der Waals surface area contributed by atoms with E-state index in [1.165, 1.54) is 5.56 Å². The van der Waals surface area contributed by atoms with E-state index >= 15 is 0 Å². The zero-order valence-corrected chi connectivity index (χ0v) is 8.45. The van der Waals surface area contributed by atoms with Crippen molar-refractivity contribution in [3.05, 3.63) is 23.8 Å². The van der Waals surface area contributed by atoms with E-state index in [1.807, 2.05) is 18.2 Å². The van der Waals surface area contributed by atoms with Crippen LogP contribution >= 0.6 is 0 Å². The van der Waals surface area contributed by atoms with E-state index < -0.39 is 0 Å². The van der Waals surface area contributed by atoms with Gasteiger partial charge in [-0.3, -0.25) is 4.79 Å². The number of nitrogens with one attached hydrogen (secondary N) is 1. The van der Waals surface area contributed by atoms with Crippen LogP contribution in [-0.4, -0.2) is 25.5 Å². The zero-order valence-electron chi connectivity index (χ0n) is 8.45. The number of Topliss-reactive ketones (excluding diaryl/α,β-unsaturated/α-hetero) is 1. The molecule has 0 radical (unpaired) electrons. The fourth-order valence-corrected chi connectivity index (χ4v) is 1.57. The van der Waals surface area contributed by atoms with Crippen molar-refractivity contribution in [2.75, 3.05) is 25.0 Å². The maximum atomic E-state index is 11.0. The zero-order chi connectivity index (χ0) is 10.7. The summed E-state index contributed by atoms with van der Waals surface area (Å²) in [5.41, 5.74) is 7.36. The first-order chi connectivity index (χ1) is 7.29.